The number of fused-ring (bicyclic) bond motifs is 1. The van der Waals surface area contributed by atoms with Crippen LogP contribution in [0.1, 0.15) is 15.9 Å². The van der Waals surface area contributed by atoms with Gasteiger partial charge in [0.1, 0.15) is 5.69 Å². The summed E-state index contributed by atoms with van der Waals surface area (Å²) in [4.78, 5) is 20.2. The van der Waals surface area contributed by atoms with Crippen molar-refractivity contribution in [3.63, 3.8) is 0 Å². The molecule has 4 aromatic rings. The van der Waals surface area contributed by atoms with Gasteiger partial charge >= 0.3 is 5.97 Å². The third-order valence-corrected chi connectivity index (χ3v) is 3.67. The van der Waals surface area contributed by atoms with Gasteiger partial charge in [0.25, 0.3) is 0 Å². The third kappa shape index (κ3) is 2.41. The average molecular weight is 320 g/mol. The van der Waals surface area contributed by atoms with E-state index < -0.39 is 5.97 Å². The zero-order valence-corrected chi connectivity index (χ0v) is 12.5. The molecule has 0 atom stereocenters. The molecule has 0 amide bonds. The minimum Gasteiger partial charge on any atom is -0.478 e. The normalized spacial score (nSPS) is 11.0. The standard InChI is InChI=1S/C17H12N4O3/c22-17(23)12-7-14(15-4-2-6-24-15)20-16-13(12)9-19-21(16)10-11-3-1-5-18-8-11/h1-9H,10H2,(H,22,23). The molecular formula is C17H12N4O3. The van der Waals surface area contributed by atoms with Gasteiger partial charge in [0.2, 0.25) is 0 Å². The number of hydrogen-bond acceptors (Lipinski definition) is 5. The summed E-state index contributed by atoms with van der Waals surface area (Å²) in [6, 6.07) is 8.73. The van der Waals surface area contributed by atoms with Gasteiger partial charge in [-0.3, -0.25) is 4.98 Å². The van der Waals surface area contributed by atoms with Crippen molar-refractivity contribution in [2.75, 3.05) is 0 Å². The van der Waals surface area contributed by atoms with Crippen molar-refractivity contribution >= 4 is 17.0 Å². The van der Waals surface area contributed by atoms with E-state index in [1.54, 1.807) is 29.2 Å². The summed E-state index contributed by atoms with van der Waals surface area (Å²) in [6.07, 6.45) is 6.48. The Labute approximate surface area is 136 Å². The van der Waals surface area contributed by atoms with Gasteiger partial charge in [0.15, 0.2) is 11.4 Å². The van der Waals surface area contributed by atoms with E-state index in [0.717, 1.165) is 5.56 Å². The lowest BCUT2D eigenvalue weighted by Gasteiger charge is -2.05. The number of carbonyl (C=O) groups is 1. The van der Waals surface area contributed by atoms with Crippen LogP contribution in [0.25, 0.3) is 22.5 Å². The van der Waals surface area contributed by atoms with E-state index in [4.69, 9.17) is 4.42 Å². The van der Waals surface area contributed by atoms with Crippen LogP contribution in [0, 0.1) is 0 Å². The van der Waals surface area contributed by atoms with Gasteiger partial charge in [-0.2, -0.15) is 5.10 Å². The maximum atomic E-state index is 11.6. The molecule has 0 spiro atoms. The first-order valence-corrected chi connectivity index (χ1v) is 7.25. The van der Waals surface area contributed by atoms with Crippen LogP contribution in [0.15, 0.2) is 59.6 Å². The maximum absolute atomic E-state index is 11.6. The molecule has 0 saturated heterocycles. The van der Waals surface area contributed by atoms with Crippen LogP contribution in [0.3, 0.4) is 0 Å². The van der Waals surface area contributed by atoms with Crippen LogP contribution in [0.4, 0.5) is 0 Å². The molecule has 1 N–H and O–H groups in total. The zero-order valence-electron chi connectivity index (χ0n) is 12.5. The molecule has 4 rings (SSSR count). The molecule has 0 aliphatic rings. The molecule has 7 heteroatoms. The monoisotopic (exact) mass is 320 g/mol. The summed E-state index contributed by atoms with van der Waals surface area (Å²) < 4.78 is 7.00. The van der Waals surface area contributed by atoms with E-state index in [2.05, 4.69) is 15.1 Å². The Balaban J connectivity index is 1.89. The second-order valence-electron chi connectivity index (χ2n) is 5.24. The van der Waals surface area contributed by atoms with Crippen LogP contribution < -0.4 is 0 Å². The van der Waals surface area contributed by atoms with Gasteiger partial charge in [-0.05, 0) is 29.8 Å². The van der Waals surface area contributed by atoms with Crippen LogP contribution in [-0.2, 0) is 6.54 Å². The highest BCUT2D eigenvalue weighted by molar-refractivity contribution is 6.02. The lowest BCUT2D eigenvalue weighted by atomic mass is 10.1. The molecule has 24 heavy (non-hydrogen) atoms. The van der Waals surface area contributed by atoms with Crippen molar-refractivity contribution < 1.29 is 14.3 Å². The van der Waals surface area contributed by atoms with E-state index in [1.807, 2.05) is 12.1 Å². The van der Waals surface area contributed by atoms with Crippen molar-refractivity contribution in [1.29, 1.82) is 0 Å². The highest BCUT2D eigenvalue weighted by atomic mass is 16.4. The average Bonchev–Trinajstić information content (AvgIpc) is 3.25. The molecule has 4 aromatic heterocycles. The molecule has 0 aliphatic carbocycles. The van der Waals surface area contributed by atoms with Gasteiger partial charge in [-0.25, -0.2) is 14.5 Å². The van der Waals surface area contributed by atoms with Gasteiger partial charge in [0, 0.05) is 12.4 Å². The molecule has 0 bridgehead atoms. The second kappa shape index (κ2) is 5.62. The lowest BCUT2D eigenvalue weighted by molar-refractivity contribution is 0.0699. The Bertz CT molecular complexity index is 1010. The number of hydrogen-bond donors (Lipinski definition) is 1. The van der Waals surface area contributed by atoms with Crippen molar-refractivity contribution in [3.8, 4) is 11.5 Å². The number of nitrogens with zero attached hydrogens (tertiary/aromatic N) is 4. The third-order valence-electron chi connectivity index (χ3n) is 3.67. The fourth-order valence-corrected chi connectivity index (χ4v) is 2.56. The quantitative estimate of drug-likeness (QED) is 0.621. The Kier molecular flexibility index (Phi) is 3.31. The molecule has 118 valence electrons. The molecule has 7 nitrogen and oxygen atoms in total. The van der Waals surface area contributed by atoms with E-state index in [1.165, 1.54) is 18.5 Å². The number of carboxylic acid groups (broad SMARTS) is 1. The first-order valence-electron chi connectivity index (χ1n) is 7.25. The number of carboxylic acids is 1. The topological polar surface area (TPSA) is 94.0 Å². The fourth-order valence-electron chi connectivity index (χ4n) is 2.56. The first-order chi connectivity index (χ1) is 11.7. The highest BCUT2D eigenvalue weighted by Crippen LogP contribution is 2.25. The Morgan fingerprint density at radius 3 is 2.88 bits per heavy atom. The van der Waals surface area contributed by atoms with E-state index in [0.29, 0.717) is 29.0 Å². The van der Waals surface area contributed by atoms with Gasteiger partial charge in [0.05, 0.1) is 30.0 Å². The summed E-state index contributed by atoms with van der Waals surface area (Å²) in [5.41, 5.74) is 2.04. The summed E-state index contributed by atoms with van der Waals surface area (Å²) in [6.45, 7) is 0.449. The second-order valence-corrected chi connectivity index (χ2v) is 5.24. The predicted octanol–water partition coefficient (Wildman–Crippen LogP) is 2.83. The summed E-state index contributed by atoms with van der Waals surface area (Å²) in [5, 5.41) is 14.3. The fraction of sp³-hybridized carbons (Fsp3) is 0.0588. The molecule has 0 saturated carbocycles. The highest BCUT2D eigenvalue weighted by Gasteiger charge is 2.17. The largest absolute Gasteiger partial charge is 0.478 e. The first kappa shape index (κ1) is 14.1. The summed E-state index contributed by atoms with van der Waals surface area (Å²) >= 11 is 0. The summed E-state index contributed by atoms with van der Waals surface area (Å²) in [7, 11) is 0. The lowest BCUT2D eigenvalue weighted by Crippen LogP contribution is -2.05. The number of aromatic nitrogens is 4. The number of rotatable bonds is 4. The molecule has 0 aliphatic heterocycles. The molecule has 0 radical (unpaired) electrons. The number of pyridine rings is 2. The summed E-state index contributed by atoms with van der Waals surface area (Å²) in [5.74, 6) is -0.523. The smallest absolute Gasteiger partial charge is 0.336 e. The van der Waals surface area contributed by atoms with Gasteiger partial charge in [-0.1, -0.05) is 6.07 Å². The molecule has 0 aromatic carbocycles. The SMILES string of the molecule is O=C(O)c1cc(-c2ccco2)nc2c1cnn2Cc1cccnc1. The molecule has 0 fully saturated rings. The molecule has 0 unspecified atom stereocenters. The Morgan fingerprint density at radius 2 is 2.17 bits per heavy atom. The maximum Gasteiger partial charge on any atom is 0.336 e. The predicted molar refractivity (Wildman–Crippen MR) is 85.5 cm³/mol. The molecule has 4 heterocycles. The Hall–Kier alpha value is -3.48. The van der Waals surface area contributed by atoms with Crippen LogP contribution >= 0.6 is 0 Å². The van der Waals surface area contributed by atoms with E-state index in [9.17, 15) is 9.90 Å². The number of furan rings is 1. The van der Waals surface area contributed by atoms with Crippen LogP contribution in [-0.4, -0.2) is 30.8 Å². The minimum absolute atomic E-state index is 0.142. The van der Waals surface area contributed by atoms with Crippen molar-refractivity contribution in [3.05, 3.63) is 66.3 Å². The van der Waals surface area contributed by atoms with E-state index >= 15 is 0 Å². The van der Waals surface area contributed by atoms with Crippen molar-refractivity contribution in [1.82, 2.24) is 19.7 Å². The van der Waals surface area contributed by atoms with Crippen molar-refractivity contribution in [2.45, 2.75) is 6.54 Å². The van der Waals surface area contributed by atoms with E-state index in [-0.39, 0.29) is 5.56 Å². The molecular weight excluding hydrogens is 308 g/mol. The number of aromatic carboxylic acids is 1. The zero-order chi connectivity index (χ0) is 16.5. The van der Waals surface area contributed by atoms with Gasteiger partial charge in [-0.15, -0.1) is 0 Å². The van der Waals surface area contributed by atoms with Crippen LogP contribution in [0.5, 0.6) is 0 Å². The van der Waals surface area contributed by atoms with Gasteiger partial charge < -0.3 is 9.52 Å². The van der Waals surface area contributed by atoms with Crippen molar-refractivity contribution in [2.24, 2.45) is 0 Å². The van der Waals surface area contributed by atoms with Crippen LogP contribution in [0.2, 0.25) is 0 Å². The minimum atomic E-state index is -1.03. The Morgan fingerprint density at radius 1 is 1.25 bits per heavy atom.